The number of nitrogens with zero attached hydrogens (tertiary/aromatic N) is 3. The van der Waals surface area contributed by atoms with Crippen molar-refractivity contribution in [3.8, 4) is 0 Å². The van der Waals surface area contributed by atoms with E-state index >= 15 is 0 Å². The first-order valence-corrected chi connectivity index (χ1v) is 9.16. The molecule has 0 aliphatic carbocycles. The van der Waals surface area contributed by atoms with Crippen LogP contribution in [0.25, 0.3) is 0 Å². The van der Waals surface area contributed by atoms with Crippen molar-refractivity contribution in [3.05, 3.63) is 66.2 Å². The molecule has 0 saturated heterocycles. The van der Waals surface area contributed by atoms with Gasteiger partial charge in [-0.25, -0.2) is 9.59 Å². The first-order valence-electron chi connectivity index (χ1n) is 9.16. The van der Waals surface area contributed by atoms with Crippen molar-refractivity contribution < 1.29 is 19.1 Å². The van der Waals surface area contributed by atoms with Gasteiger partial charge in [-0.15, -0.1) is 0 Å². The van der Waals surface area contributed by atoms with Gasteiger partial charge in [-0.3, -0.25) is 0 Å². The SMILES string of the molecule is C=C(C)C(=O)OCCCOC(=O)c1ccc(N=Nc2ccc(N(C)C)cc2)cc1. The fourth-order valence-electron chi connectivity index (χ4n) is 2.19. The van der Waals surface area contributed by atoms with Crippen molar-refractivity contribution in [3.63, 3.8) is 0 Å². The first-order chi connectivity index (χ1) is 13.9. The lowest BCUT2D eigenvalue weighted by atomic mass is 10.2. The fourth-order valence-corrected chi connectivity index (χ4v) is 2.19. The number of hydrogen-bond donors (Lipinski definition) is 0. The maximum atomic E-state index is 12.0. The molecule has 29 heavy (non-hydrogen) atoms. The maximum Gasteiger partial charge on any atom is 0.338 e. The molecular formula is C22H25N3O4. The Morgan fingerprint density at radius 2 is 1.41 bits per heavy atom. The second kappa shape index (κ2) is 10.8. The van der Waals surface area contributed by atoms with E-state index in [1.165, 1.54) is 0 Å². The van der Waals surface area contributed by atoms with Crippen molar-refractivity contribution in [1.29, 1.82) is 0 Å². The standard InChI is InChI=1S/C22H25N3O4/c1-16(2)21(26)28-14-5-15-29-22(27)17-6-8-18(9-7-17)23-24-19-10-12-20(13-11-19)25(3)4/h6-13H,1,5,14-15H2,2-4H3. The number of azo groups is 1. The third-order valence-corrected chi connectivity index (χ3v) is 3.85. The molecule has 0 bridgehead atoms. The van der Waals surface area contributed by atoms with Crippen molar-refractivity contribution in [2.75, 3.05) is 32.2 Å². The van der Waals surface area contributed by atoms with E-state index < -0.39 is 11.9 Å². The average molecular weight is 395 g/mol. The highest BCUT2D eigenvalue weighted by Crippen LogP contribution is 2.21. The topological polar surface area (TPSA) is 80.6 Å². The average Bonchev–Trinajstić information content (AvgIpc) is 2.72. The zero-order valence-corrected chi connectivity index (χ0v) is 16.9. The number of hydrogen-bond acceptors (Lipinski definition) is 7. The van der Waals surface area contributed by atoms with Gasteiger partial charge >= 0.3 is 11.9 Å². The smallest absolute Gasteiger partial charge is 0.338 e. The Morgan fingerprint density at radius 1 is 0.897 bits per heavy atom. The van der Waals surface area contributed by atoms with E-state index in [9.17, 15) is 9.59 Å². The number of benzene rings is 2. The predicted octanol–water partition coefficient (Wildman–Crippen LogP) is 4.83. The summed E-state index contributed by atoms with van der Waals surface area (Å²) in [6, 6.07) is 14.4. The second-order valence-corrected chi connectivity index (χ2v) is 6.56. The number of ether oxygens (including phenoxy) is 2. The van der Waals surface area contributed by atoms with Crippen molar-refractivity contribution in [1.82, 2.24) is 0 Å². The zero-order chi connectivity index (χ0) is 21.2. The summed E-state index contributed by atoms with van der Waals surface area (Å²) >= 11 is 0. The van der Waals surface area contributed by atoms with Gasteiger partial charge in [-0.2, -0.15) is 10.2 Å². The van der Waals surface area contributed by atoms with Crippen molar-refractivity contribution >= 4 is 29.0 Å². The minimum Gasteiger partial charge on any atom is -0.462 e. The largest absolute Gasteiger partial charge is 0.462 e. The molecule has 0 radical (unpaired) electrons. The molecule has 0 aliphatic rings. The van der Waals surface area contributed by atoms with E-state index in [1.807, 2.05) is 43.3 Å². The molecule has 0 amide bonds. The first kappa shape index (κ1) is 21.8. The molecule has 0 heterocycles. The molecule has 0 unspecified atom stereocenters. The molecule has 0 fully saturated rings. The van der Waals surface area contributed by atoms with Crippen LogP contribution < -0.4 is 4.90 Å². The van der Waals surface area contributed by atoms with Gasteiger partial charge in [0.1, 0.15) is 0 Å². The molecule has 152 valence electrons. The number of carbonyl (C=O) groups is 2. The van der Waals surface area contributed by atoms with Gasteiger partial charge in [0.25, 0.3) is 0 Å². The van der Waals surface area contributed by atoms with Gasteiger partial charge < -0.3 is 14.4 Å². The van der Waals surface area contributed by atoms with Crippen LogP contribution in [0.5, 0.6) is 0 Å². The van der Waals surface area contributed by atoms with Crippen LogP contribution in [0.15, 0.2) is 70.9 Å². The van der Waals surface area contributed by atoms with Gasteiger partial charge in [-0.05, 0) is 55.5 Å². The highest BCUT2D eigenvalue weighted by atomic mass is 16.5. The van der Waals surface area contributed by atoms with E-state index in [1.54, 1.807) is 31.2 Å². The minimum atomic E-state index is -0.449. The van der Waals surface area contributed by atoms with Gasteiger partial charge in [0, 0.05) is 31.8 Å². The molecule has 0 aromatic heterocycles. The summed E-state index contributed by atoms with van der Waals surface area (Å²) in [5.41, 5.74) is 3.21. The van der Waals surface area contributed by atoms with Crippen LogP contribution in [0.2, 0.25) is 0 Å². The van der Waals surface area contributed by atoms with Crippen molar-refractivity contribution in [2.24, 2.45) is 10.2 Å². The van der Waals surface area contributed by atoms with Crippen LogP contribution in [0.4, 0.5) is 17.1 Å². The number of carbonyl (C=O) groups excluding carboxylic acids is 2. The Labute approximate surface area is 170 Å². The Bertz CT molecular complexity index is 872. The molecular weight excluding hydrogens is 370 g/mol. The lowest BCUT2D eigenvalue weighted by Crippen LogP contribution is -2.11. The zero-order valence-electron chi connectivity index (χ0n) is 16.9. The summed E-state index contributed by atoms with van der Waals surface area (Å²) in [5, 5.41) is 8.36. The van der Waals surface area contributed by atoms with E-state index in [-0.39, 0.29) is 13.2 Å². The normalized spacial score (nSPS) is 10.6. The minimum absolute atomic E-state index is 0.159. The van der Waals surface area contributed by atoms with Crippen LogP contribution in [0, 0.1) is 0 Å². The summed E-state index contributed by atoms with van der Waals surface area (Å²) in [7, 11) is 3.95. The predicted molar refractivity (Wildman–Crippen MR) is 112 cm³/mol. The maximum absolute atomic E-state index is 12.0. The van der Waals surface area contributed by atoms with Crippen LogP contribution in [-0.4, -0.2) is 39.2 Å². The number of rotatable bonds is 9. The van der Waals surface area contributed by atoms with Crippen molar-refractivity contribution in [2.45, 2.75) is 13.3 Å². The summed E-state index contributed by atoms with van der Waals surface area (Å²) in [6.45, 7) is 5.40. The van der Waals surface area contributed by atoms with Crippen LogP contribution in [-0.2, 0) is 14.3 Å². The molecule has 7 nitrogen and oxygen atoms in total. The lowest BCUT2D eigenvalue weighted by molar-refractivity contribution is -0.139. The third kappa shape index (κ3) is 7.21. The lowest BCUT2D eigenvalue weighted by Gasteiger charge is -2.11. The number of anilines is 1. The molecule has 2 aromatic rings. The Balaban J connectivity index is 1.80. The molecule has 0 atom stereocenters. The molecule has 0 N–H and O–H groups in total. The Morgan fingerprint density at radius 3 is 1.93 bits per heavy atom. The van der Waals surface area contributed by atoms with Gasteiger partial charge in [0.2, 0.25) is 0 Å². The Hall–Kier alpha value is -3.48. The summed E-state index contributed by atoms with van der Waals surface area (Å²) in [5.74, 6) is -0.895. The monoisotopic (exact) mass is 395 g/mol. The quantitative estimate of drug-likeness (QED) is 0.263. The molecule has 2 rings (SSSR count). The van der Waals surface area contributed by atoms with E-state index in [0.717, 1.165) is 11.4 Å². The fraction of sp³-hybridized carbons (Fsp3) is 0.273. The summed E-state index contributed by atoms with van der Waals surface area (Å²) < 4.78 is 10.1. The highest BCUT2D eigenvalue weighted by Gasteiger charge is 2.07. The number of esters is 2. The van der Waals surface area contributed by atoms with Gasteiger partial charge in [-0.1, -0.05) is 6.58 Å². The van der Waals surface area contributed by atoms with Crippen LogP contribution in [0.1, 0.15) is 23.7 Å². The molecule has 0 aliphatic heterocycles. The molecule has 7 heteroatoms. The second-order valence-electron chi connectivity index (χ2n) is 6.56. The van der Waals surface area contributed by atoms with E-state index in [4.69, 9.17) is 9.47 Å². The van der Waals surface area contributed by atoms with E-state index in [0.29, 0.717) is 23.2 Å². The molecule has 0 spiro atoms. The molecule has 2 aromatic carbocycles. The third-order valence-electron chi connectivity index (χ3n) is 3.85. The molecule has 0 saturated carbocycles. The summed E-state index contributed by atoms with van der Waals surface area (Å²) in [6.07, 6.45) is 0.420. The van der Waals surface area contributed by atoms with Gasteiger partial charge in [0.15, 0.2) is 0 Å². The Kier molecular flexibility index (Phi) is 8.09. The summed E-state index contributed by atoms with van der Waals surface area (Å²) in [4.78, 5) is 25.3. The van der Waals surface area contributed by atoms with E-state index in [2.05, 4.69) is 16.8 Å². The van der Waals surface area contributed by atoms with Crippen LogP contribution in [0.3, 0.4) is 0 Å². The van der Waals surface area contributed by atoms with Crippen LogP contribution >= 0.6 is 0 Å². The van der Waals surface area contributed by atoms with Gasteiger partial charge in [0.05, 0.1) is 30.2 Å². The highest BCUT2D eigenvalue weighted by molar-refractivity contribution is 5.89.